The van der Waals surface area contributed by atoms with Gasteiger partial charge in [0.15, 0.2) is 0 Å². The van der Waals surface area contributed by atoms with Crippen molar-refractivity contribution >= 4 is 27.4 Å². The third-order valence-electron chi connectivity index (χ3n) is 4.41. The Morgan fingerprint density at radius 1 is 1.07 bits per heavy atom. The zero-order chi connectivity index (χ0) is 19.7. The first-order valence-corrected chi connectivity index (χ1v) is 9.24. The number of ether oxygens (including phenoxy) is 2. The minimum Gasteiger partial charge on any atom is -0.497 e. The predicted molar refractivity (Wildman–Crippen MR) is 111 cm³/mol. The lowest BCUT2D eigenvalue weighted by atomic mass is 9.95. The molecule has 0 saturated heterocycles. The molecule has 0 fully saturated rings. The van der Waals surface area contributed by atoms with E-state index >= 15 is 0 Å². The summed E-state index contributed by atoms with van der Waals surface area (Å²) in [5.74, 6) is 1.54. The van der Waals surface area contributed by atoms with Crippen LogP contribution in [0.5, 0.6) is 11.5 Å². The van der Waals surface area contributed by atoms with Crippen LogP contribution in [0.2, 0.25) is 0 Å². The lowest BCUT2D eigenvalue weighted by Gasteiger charge is -2.15. The molecule has 138 valence electrons. The van der Waals surface area contributed by atoms with Crippen molar-refractivity contribution in [2.45, 2.75) is 0 Å². The molecular formula is C21H16N4O2S. The summed E-state index contributed by atoms with van der Waals surface area (Å²) in [6.07, 6.45) is 1.48. The molecule has 0 bridgehead atoms. The van der Waals surface area contributed by atoms with Gasteiger partial charge in [0.2, 0.25) is 0 Å². The van der Waals surface area contributed by atoms with E-state index in [1.807, 2.05) is 36.4 Å². The molecule has 4 aromatic rings. The molecule has 0 amide bonds. The number of rotatable bonds is 4. The van der Waals surface area contributed by atoms with Crippen LogP contribution in [0, 0.1) is 11.3 Å². The fourth-order valence-electron chi connectivity index (χ4n) is 3.09. The summed E-state index contributed by atoms with van der Waals surface area (Å²) in [6.45, 7) is 0. The molecule has 0 spiro atoms. The number of nitrogens with zero attached hydrogens (tertiary/aromatic N) is 3. The Bertz CT molecular complexity index is 1190. The van der Waals surface area contributed by atoms with Crippen molar-refractivity contribution in [1.29, 1.82) is 5.26 Å². The van der Waals surface area contributed by atoms with E-state index < -0.39 is 0 Å². The highest BCUT2D eigenvalue weighted by molar-refractivity contribution is 7.21. The van der Waals surface area contributed by atoms with E-state index in [4.69, 9.17) is 20.2 Å². The minimum atomic E-state index is 0.311. The number of aromatic nitrogens is 2. The summed E-state index contributed by atoms with van der Waals surface area (Å²) in [7, 11) is 3.17. The first-order valence-electron chi connectivity index (χ1n) is 8.43. The van der Waals surface area contributed by atoms with Crippen molar-refractivity contribution in [3.8, 4) is 39.3 Å². The average molecular weight is 388 g/mol. The van der Waals surface area contributed by atoms with Gasteiger partial charge >= 0.3 is 0 Å². The maximum absolute atomic E-state index is 9.73. The van der Waals surface area contributed by atoms with Crippen molar-refractivity contribution in [3.05, 3.63) is 54.2 Å². The normalized spacial score (nSPS) is 10.6. The van der Waals surface area contributed by atoms with Crippen molar-refractivity contribution in [2.24, 2.45) is 0 Å². The van der Waals surface area contributed by atoms with E-state index in [2.05, 4.69) is 11.1 Å². The van der Waals surface area contributed by atoms with E-state index in [-0.39, 0.29) is 0 Å². The minimum absolute atomic E-state index is 0.311. The van der Waals surface area contributed by atoms with Crippen LogP contribution in [-0.4, -0.2) is 24.2 Å². The Kier molecular flexibility index (Phi) is 4.55. The van der Waals surface area contributed by atoms with Crippen molar-refractivity contribution in [1.82, 2.24) is 9.97 Å². The molecule has 2 heterocycles. The number of anilines is 1. The van der Waals surface area contributed by atoms with Gasteiger partial charge in [-0.3, -0.25) is 0 Å². The SMILES string of the molecule is COc1ccc(-c2c(C#N)cnc(N)c2-c2nc3ccccc3s2)c(OC)c1. The van der Waals surface area contributed by atoms with Gasteiger partial charge in [-0.1, -0.05) is 12.1 Å². The molecule has 2 N–H and O–H groups in total. The first kappa shape index (κ1) is 17.8. The second-order valence-corrected chi connectivity index (χ2v) is 7.00. The van der Waals surface area contributed by atoms with Crippen LogP contribution in [-0.2, 0) is 0 Å². The maximum atomic E-state index is 9.73. The number of fused-ring (bicyclic) bond motifs is 1. The summed E-state index contributed by atoms with van der Waals surface area (Å²) in [5, 5.41) is 10.4. The predicted octanol–water partition coefficient (Wildman–Crippen LogP) is 4.50. The quantitative estimate of drug-likeness (QED) is 0.553. The summed E-state index contributed by atoms with van der Waals surface area (Å²) < 4.78 is 11.9. The van der Waals surface area contributed by atoms with E-state index in [1.165, 1.54) is 17.5 Å². The molecule has 2 aromatic carbocycles. The van der Waals surface area contributed by atoms with E-state index in [0.29, 0.717) is 39.0 Å². The lowest BCUT2D eigenvalue weighted by Crippen LogP contribution is -2.01. The molecule has 0 unspecified atom stereocenters. The first-order chi connectivity index (χ1) is 13.7. The summed E-state index contributed by atoms with van der Waals surface area (Å²) in [4.78, 5) is 8.95. The van der Waals surface area contributed by atoms with Gasteiger partial charge in [0.1, 0.15) is 28.4 Å². The molecule has 0 aliphatic carbocycles. The highest BCUT2D eigenvalue weighted by Crippen LogP contribution is 2.44. The van der Waals surface area contributed by atoms with Crippen LogP contribution in [0.15, 0.2) is 48.7 Å². The highest BCUT2D eigenvalue weighted by Gasteiger charge is 2.22. The maximum Gasteiger partial charge on any atom is 0.134 e. The molecule has 7 heteroatoms. The van der Waals surface area contributed by atoms with Crippen molar-refractivity contribution in [3.63, 3.8) is 0 Å². The number of para-hydroxylation sites is 1. The largest absolute Gasteiger partial charge is 0.497 e. The van der Waals surface area contributed by atoms with Crippen LogP contribution >= 0.6 is 11.3 Å². The van der Waals surface area contributed by atoms with E-state index in [1.54, 1.807) is 20.3 Å². The molecule has 4 rings (SSSR count). The number of hydrogen-bond donors (Lipinski definition) is 1. The Morgan fingerprint density at radius 2 is 1.89 bits per heavy atom. The number of nitrogens with two attached hydrogens (primary N) is 1. The Hall–Kier alpha value is -3.63. The molecule has 0 radical (unpaired) electrons. The molecule has 6 nitrogen and oxygen atoms in total. The number of thiazole rings is 1. The Labute approximate surface area is 165 Å². The fourth-order valence-corrected chi connectivity index (χ4v) is 4.12. The van der Waals surface area contributed by atoms with Crippen LogP contribution in [0.4, 0.5) is 5.82 Å². The number of methoxy groups -OCH3 is 2. The van der Waals surface area contributed by atoms with Crippen LogP contribution in [0.1, 0.15) is 5.56 Å². The Balaban J connectivity index is 2.05. The lowest BCUT2D eigenvalue weighted by molar-refractivity contribution is 0.395. The monoisotopic (exact) mass is 388 g/mol. The number of benzene rings is 2. The summed E-state index contributed by atoms with van der Waals surface area (Å²) in [5.41, 5.74) is 9.53. The summed E-state index contributed by atoms with van der Waals surface area (Å²) >= 11 is 1.51. The fraction of sp³-hybridized carbons (Fsp3) is 0.0952. The third kappa shape index (κ3) is 2.90. The number of nitrogen functional groups attached to an aromatic ring is 1. The van der Waals surface area contributed by atoms with Gasteiger partial charge in [-0.25, -0.2) is 9.97 Å². The van der Waals surface area contributed by atoms with Gasteiger partial charge in [0, 0.05) is 23.4 Å². The van der Waals surface area contributed by atoms with Crippen molar-refractivity contribution in [2.75, 3.05) is 20.0 Å². The van der Waals surface area contributed by atoms with Gasteiger partial charge in [0.25, 0.3) is 0 Å². The number of nitriles is 1. The zero-order valence-electron chi connectivity index (χ0n) is 15.3. The van der Waals surface area contributed by atoms with Gasteiger partial charge in [-0.2, -0.15) is 5.26 Å². The molecule has 0 aliphatic rings. The Morgan fingerprint density at radius 3 is 2.61 bits per heavy atom. The zero-order valence-corrected chi connectivity index (χ0v) is 16.1. The number of pyridine rings is 1. The van der Waals surface area contributed by atoms with Gasteiger partial charge < -0.3 is 15.2 Å². The number of hydrogen-bond acceptors (Lipinski definition) is 7. The highest BCUT2D eigenvalue weighted by atomic mass is 32.1. The van der Waals surface area contributed by atoms with Gasteiger partial charge in [-0.15, -0.1) is 11.3 Å². The average Bonchev–Trinajstić information content (AvgIpc) is 3.16. The van der Waals surface area contributed by atoms with Crippen LogP contribution in [0.25, 0.3) is 31.9 Å². The van der Waals surface area contributed by atoms with Gasteiger partial charge in [-0.05, 0) is 24.3 Å². The topological polar surface area (TPSA) is 94.0 Å². The van der Waals surface area contributed by atoms with Crippen LogP contribution in [0.3, 0.4) is 0 Å². The van der Waals surface area contributed by atoms with E-state index in [0.717, 1.165) is 15.8 Å². The standard InChI is InChI=1S/C21H16N4O2S/c1-26-13-7-8-14(16(9-13)27-2)18-12(10-22)11-24-20(23)19(18)21-25-15-5-3-4-6-17(15)28-21/h3-9,11H,1-2H3,(H2,23,24). The van der Waals surface area contributed by atoms with Crippen molar-refractivity contribution < 1.29 is 9.47 Å². The molecule has 0 atom stereocenters. The molecular weight excluding hydrogens is 372 g/mol. The molecule has 28 heavy (non-hydrogen) atoms. The molecule has 0 saturated carbocycles. The second kappa shape index (κ2) is 7.18. The molecule has 2 aromatic heterocycles. The van der Waals surface area contributed by atoms with E-state index in [9.17, 15) is 5.26 Å². The third-order valence-corrected chi connectivity index (χ3v) is 5.47. The second-order valence-electron chi connectivity index (χ2n) is 5.97. The summed E-state index contributed by atoms with van der Waals surface area (Å²) in [6, 6.07) is 15.5. The van der Waals surface area contributed by atoms with Crippen LogP contribution < -0.4 is 15.2 Å². The van der Waals surface area contributed by atoms with Gasteiger partial charge in [0.05, 0.1) is 35.6 Å². The molecule has 0 aliphatic heterocycles. The smallest absolute Gasteiger partial charge is 0.134 e.